The van der Waals surface area contributed by atoms with Crippen LogP contribution in [0, 0.1) is 0 Å². The Hall–Kier alpha value is -0.980. The second kappa shape index (κ2) is 4.48. The third kappa shape index (κ3) is 1.95. The molecule has 0 aromatic carbocycles. The lowest BCUT2D eigenvalue weighted by atomic mass is 10.3. The van der Waals surface area contributed by atoms with Gasteiger partial charge in [-0.2, -0.15) is 20.7 Å². The molecular formula is C10H12N4S2. The van der Waals surface area contributed by atoms with Crippen molar-refractivity contribution in [3.63, 3.8) is 0 Å². The largest absolute Gasteiger partial charge is 0.344 e. The van der Waals surface area contributed by atoms with Gasteiger partial charge in [-0.25, -0.2) is 0 Å². The van der Waals surface area contributed by atoms with Gasteiger partial charge in [-0.1, -0.05) is 0 Å². The van der Waals surface area contributed by atoms with Crippen LogP contribution in [0.2, 0.25) is 0 Å². The Bertz CT molecular complexity index is 445. The number of nitrogens with one attached hydrogen (secondary N) is 1. The summed E-state index contributed by atoms with van der Waals surface area (Å²) in [5, 5.41) is 8.52. The molecule has 84 valence electrons. The van der Waals surface area contributed by atoms with E-state index in [-0.39, 0.29) is 0 Å². The molecule has 3 rings (SSSR count). The maximum atomic E-state index is 4.59. The Labute approximate surface area is 102 Å². The molecule has 1 saturated heterocycles. The minimum atomic E-state index is 0.861. The first kappa shape index (κ1) is 10.2. The number of piperazine rings is 1. The topological polar surface area (TPSA) is 41.1 Å². The molecule has 4 nitrogen and oxygen atoms in total. The van der Waals surface area contributed by atoms with Crippen molar-refractivity contribution in [1.82, 2.24) is 14.7 Å². The van der Waals surface area contributed by atoms with Gasteiger partial charge < -0.3 is 10.2 Å². The van der Waals surface area contributed by atoms with Gasteiger partial charge in [-0.15, -0.1) is 0 Å². The molecule has 0 spiro atoms. The molecule has 3 heterocycles. The van der Waals surface area contributed by atoms with Crippen LogP contribution >= 0.6 is 22.9 Å². The summed E-state index contributed by atoms with van der Waals surface area (Å²) in [7, 11) is 0. The lowest BCUT2D eigenvalue weighted by molar-refractivity contribution is 0.588. The Kier molecular flexibility index (Phi) is 2.86. The molecule has 0 saturated carbocycles. The van der Waals surface area contributed by atoms with Crippen molar-refractivity contribution in [1.29, 1.82) is 0 Å². The monoisotopic (exact) mass is 252 g/mol. The first-order valence-corrected chi connectivity index (χ1v) is 6.97. The van der Waals surface area contributed by atoms with E-state index in [0.717, 1.165) is 42.7 Å². The summed E-state index contributed by atoms with van der Waals surface area (Å²) in [4.78, 5) is 6.88. The number of hydrogen-bond acceptors (Lipinski definition) is 6. The molecular weight excluding hydrogens is 240 g/mol. The van der Waals surface area contributed by atoms with E-state index < -0.39 is 0 Å². The van der Waals surface area contributed by atoms with Crippen LogP contribution in [0.5, 0.6) is 0 Å². The zero-order valence-corrected chi connectivity index (χ0v) is 10.4. The second-order valence-electron chi connectivity index (χ2n) is 3.65. The van der Waals surface area contributed by atoms with Crippen molar-refractivity contribution in [3.05, 3.63) is 16.8 Å². The Balaban J connectivity index is 1.82. The normalized spacial score (nSPS) is 16.6. The lowest BCUT2D eigenvalue weighted by Gasteiger charge is -2.26. The first-order chi connectivity index (χ1) is 7.93. The third-order valence-electron chi connectivity index (χ3n) is 2.58. The Morgan fingerprint density at radius 1 is 1.31 bits per heavy atom. The van der Waals surface area contributed by atoms with E-state index in [0.29, 0.717) is 0 Å². The highest BCUT2D eigenvalue weighted by Crippen LogP contribution is 2.25. The zero-order valence-electron chi connectivity index (χ0n) is 8.72. The van der Waals surface area contributed by atoms with Gasteiger partial charge in [0.25, 0.3) is 0 Å². The van der Waals surface area contributed by atoms with Crippen molar-refractivity contribution in [3.8, 4) is 11.4 Å². The van der Waals surface area contributed by atoms with Crippen LogP contribution in [0.25, 0.3) is 11.4 Å². The van der Waals surface area contributed by atoms with Crippen molar-refractivity contribution < 1.29 is 0 Å². The summed E-state index contributed by atoms with van der Waals surface area (Å²) in [6, 6.07) is 2.06. The van der Waals surface area contributed by atoms with Crippen LogP contribution < -0.4 is 10.2 Å². The number of aromatic nitrogens is 2. The Morgan fingerprint density at radius 3 is 2.94 bits per heavy atom. The van der Waals surface area contributed by atoms with E-state index in [2.05, 4.69) is 36.4 Å². The molecule has 16 heavy (non-hydrogen) atoms. The second-order valence-corrected chi connectivity index (χ2v) is 5.16. The van der Waals surface area contributed by atoms with Crippen molar-refractivity contribution in [2.75, 3.05) is 31.1 Å². The maximum absolute atomic E-state index is 4.59. The molecule has 0 radical (unpaired) electrons. The van der Waals surface area contributed by atoms with Crippen molar-refractivity contribution >= 4 is 28.0 Å². The van der Waals surface area contributed by atoms with E-state index in [1.807, 2.05) is 0 Å². The van der Waals surface area contributed by atoms with Gasteiger partial charge >= 0.3 is 0 Å². The van der Waals surface area contributed by atoms with Crippen LogP contribution in [0.15, 0.2) is 16.8 Å². The van der Waals surface area contributed by atoms with Gasteiger partial charge in [0.2, 0.25) is 5.13 Å². The predicted octanol–water partition coefficient (Wildman–Crippen LogP) is 1.68. The standard InChI is InChI=1S/C10H12N4S2/c1-6-15-7-8(1)9-12-10(16-13-9)14-4-2-11-3-5-14/h1,6-7,11H,2-5H2. The first-order valence-electron chi connectivity index (χ1n) is 5.25. The van der Waals surface area contributed by atoms with Gasteiger partial charge in [0, 0.05) is 48.7 Å². The molecule has 0 atom stereocenters. The summed E-state index contributed by atoms with van der Waals surface area (Å²) in [6.45, 7) is 4.12. The fraction of sp³-hybridized carbons (Fsp3) is 0.400. The number of rotatable bonds is 2. The molecule has 2 aromatic rings. The SMILES string of the molecule is c1cc(-c2nsc(N3CCNCC3)n2)cs1. The smallest absolute Gasteiger partial charge is 0.205 e. The Morgan fingerprint density at radius 2 is 2.19 bits per heavy atom. The number of hydrogen-bond donors (Lipinski definition) is 1. The molecule has 0 aliphatic carbocycles. The van der Waals surface area contributed by atoms with Crippen LogP contribution in [0.4, 0.5) is 5.13 Å². The fourth-order valence-electron chi connectivity index (χ4n) is 1.71. The predicted molar refractivity (Wildman–Crippen MR) is 68.3 cm³/mol. The fourth-order valence-corrected chi connectivity index (χ4v) is 3.08. The van der Waals surface area contributed by atoms with Gasteiger partial charge in [-0.3, -0.25) is 0 Å². The van der Waals surface area contributed by atoms with Crippen molar-refractivity contribution in [2.24, 2.45) is 0 Å². The zero-order chi connectivity index (χ0) is 10.8. The molecule has 6 heteroatoms. The van der Waals surface area contributed by atoms with E-state index in [9.17, 15) is 0 Å². The molecule has 1 aliphatic rings. The van der Waals surface area contributed by atoms with Gasteiger partial charge in [0.1, 0.15) is 0 Å². The average Bonchev–Trinajstić information content (AvgIpc) is 3.01. The molecule has 1 aliphatic heterocycles. The van der Waals surface area contributed by atoms with Crippen LogP contribution in [-0.2, 0) is 0 Å². The minimum absolute atomic E-state index is 0.861. The summed E-state index contributed by atoms with van der Waals surface area (Å²) in [6.07, 6.45) is 0. The highest BCUT2D eigenvalue weighted by atomic mass is 32.1. The van der Waals surface area contributed by atoms with Crippen molar-refractivity contribution in [2.45, 2.75) is 0 Å². The summed E-state index contributed by atoms with van der Waals surface area (Å²) >= 11 is 3.18. The highest BCUT2D eigenvalue weighted by Gasteiger charge is 2.15. The van der Waals surface area contributed by atoms with Gasteiger partial charge in [-0.05, 0) is 11.4 Å². The molecule has 2 aromatic heterocycles. The quantitative estimate of drug-likeness (QED) is 0.883. The summed E-state index contributed by atoms with van der Waals surface area (Å²) in [5.74, 6) is 0.861. The van der Waals surface area contributed by atoms with E-state index in [1.165, 1.54) is 11.5 Å². The number of anilines is 1. The van der Waals surface area contributed by atoms with Crippen LogP contribution in [0.1, 0.15) is 0 Å². The molecule has 1 fully saturated rings. The average molecular weight is 252 g/mol. The molecule has 0 amide bonds. The molecule has 0 bridgehead atoms. The van der Waals surface area contributed by atoms with Gasteiger partial charge in [0.15, 0.2) is 5.82 Å². The highest BCUT2D eigenvalue weighted by molar-refractivity contribution is 7.10. The summed E-state index contributed by atoms with van der Waals surface area (Å²) < 4.78 is 4.41. The maximum Gasteiger partial charge on any atom is 0.205 e. The van der Waals surface area contributed by atoms with Crippen LogP contribution in [-0.4, -0.2) is 35.5 Å². The van der Waals surface area contributed by atoms with E-state index in [1.54, 1.807) is 11.3 Å². The van der Waals surface area contributed by atoms with Crippen LogP contribution in [0.3, 0.4) is 0 Å². The third-order valence-corrected chi connectivity index (χ3v) is 4.04. The molecule has 1 N–H and O–H groups in total. The number of thiophene rings is 1. The minimum Gasteiger partial charge on any atom is -0.344 e. The van der Waals surface area contributed by atoms with Gasteiger partial charge in [0.05, 0.1) is 0 Å². The number of nitrogens with zero attached hydrogens (tertiary/aromatic N) is 3. The lowest BCUT2D eigenvalue weighted by Crippen LogP contribution is -2.43. The van der Waals surface area contributed by atoms with E-state index in [4.69, 9.17) is 0 Å². The van der Waals surface area contributed by atoms with E-state index >= 15 is 0 Å². The molecule has 0 unspecified atom stereocenters. The summed E-state index contributed by atoms with van der Waals surface area (Å²) in [5.41, 5.74) is 1.13.